The Hall–Kier alpha value is -2.21. The largest absolute Gasteiger partial charge is 0.492 e. The summed E-state index contributed by atoms with van der Waals surface area (Å²) in [6, 6.07) is 3.14. The van der Waals surface area contributed by atoms with Crippen LogP contribution in [-0.2, 0) is 0 Å². The predicted octanol–water partition coefficient (Wildman–Crippen LogP) is 3.20. The molecule has 0 aliphatic carbocycles. The average Bonchev–Trinajstić information content (AvgIpc) is 2.61. The summed E-state index contributed by atoms with van der Waals surface area (Å²) in [4.78, 5) is 21.6. The molecule has 1 aliphatic rings. The zero-order valence-corrected chi connectivity index (χ0v) is 13.7. The highest BCUT2D eigenvalue weighted by atomic mass is 35.5. The number of nitrogens with zero attached hydrogens (tertiary/aromatic N) is 3. The number of carbonyl (C=O) groups excluding carboxylic acids is 1. The number of likely N-dealkylation sites (tertiary alicyclic amines) is 1. The number of aromatic nitrogens is 2. The van der Waals surface area contributed by atoms with Crippen molar-refractivity contribution in [2.75, 3.05) is 19.7 Å². The van der Waals surface area contributed by atoms with Gasteiger partial charge in [-0.3, -0.25) is 14.8 Å². The van der Waals surface area contributed by atoms with Crippen molar-refractivity contribution >= 4 is 17.5 Å². The lowest BCUT2D eigenvalue weighted by molar-refractivity contribution is 0.0656. The molecule has 1 saturated heterocycles. The average molecular weight is 350 g/mol. The van der Waals surface area contributed by atoms with E-state index >= 15 is 0 Å². The normalized spacial score (nSPS) is 15.3. The van der Waals surface area contributed by atoms with Gasteiger partial charge in [0.25, 0.3) is 5.91 Å². The highest BCUT2D eigenvalue weighted by Gasteiger charge is 2.25. The van der Waals surface area contributed by atoms with Crippen LogP contribution in [0.15, 0.2) is 36.9 Å². The van der Waals surface area contributed by atoms with Gasteiger partial charge in [-0.2, -0.15) is 0 Å². The zero-order chi connectivity index (χ0) is 16.9. The molecule has 126 valence electrons. The molecule has 2 aromatic rings. The number of rotatable bonds is 4. The summed E-state index contributed by atoms with van der Waals surface area (Å²) in [6.45, 7) is 1.70. The molecule has 3 rings (SSSR count). The molecule has 0 atom stereocenters. The van der Waals surface area contributed by atoms with Crippen molar-refractivity contribution in [1.29, 1.82) is 0 Å². The van der Waals surface area contributed by atoms with Gasteiger partial charge in [0.1, 0.15) is 10.8 Å². The monoisotopic (exact) mass is 349 g/mol. The lowest BCUT2D eigenvalue weighted by atomic mass is 9.97. The van der Waals surface area contributed by atoms with E-state index in [0.29, 0.717) is 36.4 Å². The first-order chi connectivity index (χ1) is 11.6. The van der Waals surface area contributed by atoms with Gasteiger partial charge in [-0.05, 0) is 24.8 Å². The molecule has 0 aromatic carbocycles. The minimum atomic E-state index is -0.583. The Balaban J connectivity index is 1.52. The number of ether oxygens (including phenoxy) is 1. The highest BCUT2D eigenvalue weighted by Crippen LogP contribution is 2.25. The van der Waals surface area contributed by atoms with Gasteiger partial charge >= 0.3 is 0 Å². The maximum atomic E-state index is 13.7. The van der Waals surface area contributed by atoms with E-state index in [0.717, 1.165) is 19.0 Å². The molecule has 0 saturated carbocycles. The Morgan fingerprint density at radius 2 is 1.96 bits per heavy atom. The molecular weight excluding hydrogens is 333 g/mol. The van der Waals surface area contributed by atoms with Gasteiger partial charge in [0.15, 0.2) is 5.82 Å². The SMILES string of the molecule is O=C(c1ccncc1F)N1CCC(COc2ccncc2Cl)CC1. The van der Waals surface area contributed by atoms with Crippen LogP contribution in [0.25, 0.3) is 0 Å². The Labute approximate surface area is 144 Å². The van der Waals surface area contributed by atoms with Crippen molar-refractivity contribution in [1.82, 2.24) is 14.9 Å². The number of amides is 1. The number of hydrogen-bond donors (Lipinski definition) is 0. The topological polar surface area (TPSA) is 55.3 Å². The van der Waals surface area contributed by atoms with E-state index in [1.54, 1.807) is 23.4 Å². The van der Waals surface area contributed by atoms with Crippen molar-refractivity contribution in [2.24, 2.45) is 5.92 Å². The summed E-state index contributed by atoms with van der Waals surface area (Å²) in [5.74, 6) is 0.0799. The lowest BCUT2D eigenvalue weighted by Crippen LogP contribution is -2.40. The van der Waals surface area contributed by atoms with Gasteiger partial charge in [-0.1, -0.05) is 11.6 Å². The Kier molecular flexibility index (Phi) is 5.25. The molecule has 1 aliphatic heterocycles. The van der Waals surface area contributed by atoms with Crippen LogP contribution in [0.3, 0.4) is 0 Å². The lowest BCUT2D eigenvalue weighted by Gasteiger charge is -2.32. The predicted molar refractivity (Wildman–Crippen MR) is 87.6 cm³/mol. The molecular formula is C17H17ClFN3O2. The molecule has 1 fully saturated rings. The first kappa shape index (κ1) is 16.6. The van der Waals surface area contributed by atoms with Gasteiger partial charge in [0.05, 0.1) is 18.4 Å². The fourth-order valence-corrected chi connectivity index (χ4v) is 2.88. The van der Waals surface area contributed by atoms with E-state index in [-0.39, 0.29) is 11.5 Å². The minimum absolute atomic E-state index is 0.0725. The van der Waals surface area contributed by atoms with Crippen LogP contribution < -0.4 is 4.74 Å². The van der Waals surface area contributed by atoms with Crippen molar-refractivity contribution in [3.63, 3.8) is 0 Å². The number of piperidine rings is 1. The van der Waals surface area contributed by atoms with Crippen LogP contribution in [0, 0.1) is 11.7 Å². The standard InChI is InChI=1S/C17H17ClFN3O2/c18-14-9-20-6-2-16(14)24-11-12-3-7-22(8-4-12)17(23)13-1-5-21-10-15(13)19/h1-2,5-6,9-10,12H,3-4,7-8,11H2. The van der Waals surface area contributed by atoms with Crippen LogP contribution >= 0.6 is 11.6 Å². The van der Waals surface area contributed by atoms with E-state index < -0.39 is 5.82 Å². The molecule has 24 heavy (non-hydrogen) atoms. The second-order valence-corrected chi connectivity index (χ2v) is 6.12. The third-order valence-corrected chi connectivity index (χ3v) is 4.40. The number of hydrogen-bond acceptors (Lipinski definition) is 4. The zero-order valence-electron chi connectivity index (χ0n) is 13.0. The summed E-state index contributed by atoms with van der Waals surface area (Å²) in [5, 5.41) is 0.485. The molecule has 0 bridgehead atoms. The maximum absolute atomic E-state index is 13.7. The first-order valence-electron chi connectivity index (χ1n) is 7.76. The number of carbonyl (C=O) groups is 1. The molecule has 0 N–H and O–H groups in total. The van der Waals surface area contributed by atoms with Crippen LogP contribution in [0.1, 0.15) is 23.2 Å². The van der Waals surface area contributed by atoms with Crippen molar-refractivity contribution < 1.29 is 13.9 Å². The summed E-state index contributed by atoms with van der Waals surface area (Å²) < 4.78 is 19.4. The van der Waals surface area contributed by atoms with Gasteiger partial charge in [0.2, 0.25) is 0 Å². The summed E-state index contributed by atoms with van der Waals surface area (Å²) in [5.41, 5.74) is 0.0725. The van der Waals surface area contributed by atoms with Crippen molar-refractivity contribution in [3.05, 3.63) is 53.3 Å². The third kappa shape index (κ3) is 3.82. The maximum Gasteiger partial charge on any atom is 0.256 e. The van der Waals surface area contributed by atoms with Crippen LogP contribution in [0.5, 0.6) is 5.75 Å². The highest BCUT2D eigenvalue weighted by molar-refractivity contribution is 6.31. The molecule has 3 heterocycles. The van der Waals surface area contributed by atoms with Crippen LogP contribution in [0.2, 0.25) is 5.02 Å². The fourth-order valence-electron chi connectivity index (χ4n) is 2.71. The fraction of sp³-hybridized carbons (Fsp3) is 0.353. The van der Waals surface area contributed by atoms with Crippen LogP contribution in [-0.4, -0.2) is 40.5 Å². The van der Waals surface area contributed by atoms with E-state index in [1.807, 2.05) is 0 Å². The molecule has 7 heteroatoms. The Morgan fingerprint density at radius 3 is 2.67 bits per heavy atom. The van der Waals surface area contributed by atoms with Crippen molar-refractivity contribution in [2.45, 2.75) is 12.8 Å². The molecule has 2 aromatic heterocycles. The summed E-state index contributed by atoms with van der Waals surface area (Å²) in [7, 11) is 0. The molecule has 5 nitrogen and oxygen atoms in total. The third-order valence-electron chi connectivity index (χ3n) is 4.11. The molecule has 0 unspecified atom stereocenters. The minimum Gasteiger partial charge on any atom is -0.492 e. The smallest absolute Gasteiger partial charge is 0.256 e. The second-order valence-electron chi connectivity index (χ2n) is 5.71. The molecule has 0 radical (unpaired) electrons. The van der Waals surface area contributed by atoms with Gasteiger partial charge in [-0.25, -0.2) is 4.39 Å². The van der Waals surface area contributed by atoms with E-state index in [4.69, 9.17) is 16.3 Å². The first-order valence-corrected chi connectivity index (χ1v) is 8.14. The Bertz CT molecular complexity index is 720. The number of halogens is 2. The van der Waals surface area contributed by atoms with Gasteiger partial charge in [-0.15, -0.1) is 0 Å². The quantitative estimate of drug-likeness (QED) is 0.850. The van der Waals surface area contributed by atoms with E-state index in [1.165, 1.54) is 12.3 Å². The van der Waals surface area contributed by atoms with Crippen LogP contribution in [0.4, 0.5) is 4.39 Å². The summed E-state index contributed by atoms with van der Waals surface area (Å²) >= 11 is 6.01. The van der Waals surface area contributed by atoms with E-state index in [2.05, 4.69) is 9.97 Å². The molecule has 1 amide bonds. The molecule has 0 spiro atoms. The van der Waals surface area contributed by atoms with Crippen molar-refractivity contribution in [3.8, 4) is 5.75 Å². The van der Waals surface area contributed by atoms with E-state index in [9.17, 15) is 9.18 Å². The second kappa shape index (κ2) is 7.57. The van der Waals surface area contributed by atoms with Gasteiger partial charge in [0, 0.05) is 37.7 Å². The number of pyridine rings is 2. The summed E-state index contributed by atoms with van der Waals surface area (Å²) in [6.07, 6.45) is 7.27. The Morgan fingerprint density at radius 1 is 1.25 bits per heavy atom. The van der Waals surface area contributed by atoms with Gasteiger partial charge < -0.3 is 9.64 Å².